The molecule has 1 aliphatic heterocycles. The molecule has 3 heteroatoms. The molecule has 0 bridgehead atoms. The molecule has 0 aliphatic carbocycles. The minimum absolute atomic E-state index is 0.0506. The number of hydrogen-bond donors (Lipinski definition) is 1. The first kappa shape index (κ1) is 7.72. The summed E-state index contributed by atoms with van der Waals surface area (Å²) < 4.78 is 10.3. The maximum absolute atomic E-state index is 8.51. The predicted octanol–water partition coefficient (Wildman–Crippen LogP) is 0.298. The van der Waals surface area contributed by atoms with Gasteiger partial charge in [-0.3, -0.25) is 0 Å². The van der Waals surface area contributed by atoms with Gasteiger partial charge in [-0.1, -0.05) is 6.08 Å². The Balaban J connectivity index is 2.39. The first-order chi connectivity index (χ1) is 4.84. The number of aliphatic hydroxyl groups is 1. The fraction of sp³-hybridized carbons (Fsp3) is 0.714. The molecule has 0 atom stereocenters. The second kappa shape index (κ2) is 3.71. The summed E-state index contributed by atoms with van der Waals surface area (Å²) in [6.07, 6.45) is 1.47. The molecule has 0 unspecified atom stereocenters. The summed E-state index contributed by atoms with van der Waals surface area (Å²) in [5.41, 5.74) is 0.944. The summed E-state index contributed by atoms with van der Waals surface area (Å²) >= 11 is 0. The Hall–Kier alpha value is -0.380. The first-order valence-electron chi connectivity index (χ1n) is 3.35. The van der Waals surface area contributed by atoms with Gasteiger partial charge in [-0.15, -0.1) is 0 Å². The molecule has 1 heterocycles. The molecule has 1 N–H and O–H groups in total. The second-order valence-corrected chi connectivity index (χ2v) is 2.20. The lowest BCUT2D eigenvalue weighted by atomic mass is 10.3. The van der Waals surface area contributed by atoms with Crippen LogP contribution in [0.1, 0.15) is 6.92 Å². The number of rotatable bonds is 2. The molecule has 0 radical (unpaired) electrons. The largest absolute Gasteiger partial charge is 0.392 e. The van der Waals surface area contributed by atoms with Gasteiger partial charge in [-0.05, 0) is 12.5 Å². The summed E-state index contributed by atoms with van der Waals surface area (Å²) in [5.74, 6) is 0. The van der Waals surface area contributed by atoms with Crippen molar-refractivity contribution in [2.24, 2.45) is 0 Å². The van der Waals surface area contributed by atoms with Crippen molar-refractivity contribution >= 4 is 0 Å². The maximum atomic E-state index is 8.51. The van der Waals surface area contributed by atoms with E-state index in [0.717, 1.165) is 5.57 Å². The Morgan fingerprint density at radius 2 is 2.20 bits per heavy atom. The van der Waals surface area contributed by atoms with Crippen LogP contribution in [0.2, 0.25) is 0 Å². The van der Waals surface area contributed by atoms with E-state index in [2.05, 4.69) is 0 Å². The minimum Gasteiger partial charge on any atom is -0.392 e. The number of aliphatic hydroxyl groups excluding tert-OH is 1. The van der Waals surface area contributed by atoms with Gasteiger partial charge < -0.3 is 14.6 Å². The van der Waals surface area contributed by atoms with Crippen LogP contribution in [0.3, 0.4) is 0 Å². The average molecular weight is 144 g/mol. The van der Waals surface area contributed by atoms with Crippen molar-refractivity contribution in [3.05, 3.63) is 11.6 Å². The molecule has 0 spiro atoms. The van der Waals surface area contributed by atoms with E-state index in [1.54, 1.807) is 6.08 Å². The smallest absolute Gasteiger partial charge is 0.179 e. The van der Waals surface area contributed by atoms with Gasteiger partial charge >= 0.3 is 0 Å². The SMILES string of the molecule is C/C(=C\CO)C1OCCO1. The van der Waals surface area contributed by atoms with Crippen molar-refractivity contribution < 1.29 is 14.6 Å². The zero-order valence-corrected chi connectivity index (χ0v) is 6.04. The molecule has 1 rings (SSSR count). The van der Waals surface area contributed by atoms with Gasteiger partial charge in [-0.25, -0.2) is 0 Å². The highest BCUT2D eigenvalue weighted by Crippen LogP contribution is 2.12. The van der Waals surface area contributed by atoms with E-state index >= 15 is 0 Å². The maximum Gasteiger partial charge on any atom is 0.179 e. The molecule has 1 saturated heterocycles. The minimum atomic E-state index is -0.216. The first-order valence-corrected chi connectivity index (χ1v) is 3.35. The molecule has 10 heavy (non-hydrogen) atoms. The molecule has 3 nitrogen and oxygen atoms in total. The molecule has 1 aliphatic rings. The van der Waals surface area contributed by atoms with Crippen LogP contribution in [0.15, 0.2) is 11.6 Å². The lowest BCUT2D eigenvalue weighted by Gasteiger charge is -2.07. The van der Waals surface area contributed by atoms with E-state index in [9.17, 15) is 0 Å². The summed E-state index contributed by atoms with van der Waals surface area (Å²) in [5, 5.41) is 8.51. The zero-order chi connectivity index (χ0) is 7.40. The quantitative estimate of drug-likeness (QED) is 0.566. The summed E-state index contributed by atoms with van der Waals surface area (Å²) in [6, 6.07) is 0. The Labute approximate surface area is 60.3 Å². The van der Waals surface area contributed by atoms with E-state index in [1.807, 2.05) is 6.92 Å². The van der Waals surface area contributed by atoms with Crippen LogP contribution in [0, 0.1) is 0 Å². The Morgan fingerprint density at radius 1 is 1.60 bits per heavy atom. The highest BCUT2D eigenvalue weighted by atomic mass is 16.7. The number of hydrogen-bond acceptors (Lipinski definition) is 3. The normalized spacial score (nSPS) is 22.0. The molecule has 0 saturated carbocycles. The van der Waals surface area contributed by atoms with Gasteiger partial charge in [0.25, 0.3) is 0 Å². The second-order valence-electron chi connectivity index (χ2n) is 2.20. The van der Waals surface area contributed by atoms with Crippen molar-refractivity contribution in [3.63, 3.8) is 0 Å². The standard InChI is InChI=1S/C7H12O3/c1-6(2-3-8)7-9-4-5-10-7/h2,7-8H,3-5H2,1H3/b6-2+. The monoisotopic (exact) mass is 144 g/mol. The molecule has 1 fully saturated rings. The van der Waals surface area contributed by atoms with Gasteiger partial charge in [0.15, 0.2) is 6.29 Å². The fourth-order valence-corrected chi connectivity index (χ4v) is 0.862. The van der Waals surface area contributed by atoms with Crippen LogP contribution in [0.4, 0.5) is 0 Å². The van der Waals surface area contributed by atoms with Crippen molar-refractivity contribution in [2.75, 3.05) is 19.8 Å². The summed E-state index contributed by atoms with van der Waals surface area (Å²) in [7, 11) is 0. The van der Waals surface area contributed by atoms with E-state index in [0.29, 0.717) is 13.2 Å². The van der Waals surface area contributed by atoms with Crippen molar-refractivity contribution in [2.45, 2.75) is 13.2 Å². The van der Waals surface area contributed by atoms with Gasteiger partial charge in [-0.2, -0.15) is 0 Å². The van der Waals surface area contributed by atoms with Crippen LogP contribution in [-0.4, -0.2) is 31.2 Å². The molecular formula is C7H12O3. The van der Waals surface area contributed by atoms with Crippen LogP contribution in [0.25, 0.3) is 0 Å². The third-order valence-corrected chi connectivity index (χ3v) is 1.41. The highest BCUT2D eigenvalue weighted by Gasteiger charge is 2.16. The third kappa shape index (κ3) is 1.80. The molecule has 0 aromatic heterocycles. The van der Waals surface area contributed by atoms with E-state index in [4.69, 9.17) is 14.6 Å². The van der Waals surface area contributed by atoms with E-state index < -0.39 is 0 Å². The molecule has 0 amide bonds. The van der Waals surface area contributed by atoms with Gasteiger partial charge in [0.1, 0.15) is 0 Å². The van der Waals surface area contributed by atoms with Crippen LogP contribution < -0.4 is 0 Å². The Morgan fingerprint density at radius 3 is 2.70 bits per heavy atom. The number of ether oxygens (including phenoxy) is 2. The topological polar surface area (TPSA) is 38.7 Å². The highest BCUT2D eigenvalue weighted by molar-refractivity contribution is 5.02. The lowest BCUT2D eigenvalue weighted by molar-refractivity contribution is -0.0114. The van der Waals surface area contributed by atoms with Gasteiger partial charge in [0, 0.05) is 0 Å². The average Bonchev–Trinajstić information content (AvgIpc) is 2.38. The summed E-state index contributed by atoms with van der Waals surface area (Å²) in [4.78, 5) is 0. The third-order valence-electron chi connectivity index (χ3n) is 1.41. The molecule has 58 valence electrons. The molecule has 0 aromatic carbocycles. The van der Waals surface area contributed by atoms with Gasteiger partial charge in [0.2, 0.25) is 0 Å². The van der Waals surface area contributed by atoms with Crippen molar-refractivity contribution in [1.82, 2.24) is 0 Å². The Bertz CT molecular complexity index is 125. The Kier molecular flexibility index (Phi) is 2.86. The predicted molar refractivity (Wildman–Crippen MR) is 36.5 cm³/mol. The van der Waals surface area contributed by atoms with Crippen LogP contribution in [0.5, 0.6) is 0 Å². The van der Waals surface area contributed by atoms with Crippen molar-refractivity contribution in [1.29, 1.82) is 0 Å². The zero-order valence-electron chi connectivity index (χ0n) is 6.04. The van der Waals surface area contributed by atoms with Crippen LogP contribution in [-0.2, 0) is 9.47 Å². The summed E-state index contributed by atoms with van der Waals surface area (Å²) in [6.45, 7) is 3.24. The van der Waals surface area contributed by atoms with E-state index in [1.165, 1.54) is 0 Å². The lowest BCUT2D eigenvalue weighted by Crippen LogP contribution is -2.09. The molecule has 0 aromatic rings. The van der Waals surface area contributed by atoms with Crippen molar-refractivity contribution in [3.8, 4) is 0 Å². The fourth-order valence-electron chi connectivity index (χ4n) is 0.862. The van der Waals surface area contributed by atoms with Crippen LogP contribution >= 0.6 is 0 Å². The van der Waals surface area contributed by atoms with Gasteiger partial charge in [0.05, 0.1) is 19.8 Å². The molecular weight excluding hydrogens is 132 g/mol. The van der Waals surface area contributed by atoms with E-state index in [-0.39, 0.29) is 12.9 Å².